The van der Waals surface area contributed by atoms with Crippen LogP contribution in [0.2, 0.25) is 0 Å². The zero-order valence-electron chi connectivity index (χ0n) is 13.9. The van der Waals surface area contributed by atoms with Crippen molar-refractivity contribution in [1.29, 1.82) is 0 Å². The van der Waals surface area contributed by atoms with Gasteiger partial charge in [-0.25, -0.2) is 22.7 Å². The predicted octanol–water partition coefficient (Wildman–Crippen LogP) is 3.45. The van der Waals surface area contributed by atoms with E-state index >= 15 is 0 Å². The Morgan fingerprint density at radius 2 is 1.70 bits per heavy atom. The van der Waals surface area contributed by atoms with Gasteiger partial charge in [0.25, 0.3) is 0 Å². The number of primary sulfonamides is 1. The quantitative estimate of drug-likeness (QED) is 0.606. The van der Waals surface area contributed by atoms with Crippen LogP contribution in [-0.4, -0.2) is 14.4 Å². The number of anilines is 1. The Morgan fingerprint density at radius 1 is 1.04 bits per heavy atom. The highest BCUT2D eigenvalue weighted by atomic mass is 32.2. The first-order valence-corrected chi connectivity index (χ1v) is 10.2. The van der Waals surface area contributed by atoms with Crippen molar-refractivity contribution in [2.75, 3.05) is 5.32 Å². The maximum atomic E-state index is 13.2. The molecule has 0 saturated carbocycles. The van der Waals surface area contributed by atoms with Gasteiger partial charge >= 0.3 is 6.03 Å². The van der Waals surface area contributed by atoms with E-state index in [0.717, 1.165) is 10.4 Å². The summed E-state index contributed by atoms with van der Waals surface area (Å²) in [4.78, 5) is 13.3. The zero-order valence-corrected chi connectivity index (χ0v) is 15.6. The van der Waals surface area contributed by atoms with Crippen LogP contribution < -0.4 is 15.8 Å². The van der Waals surface area contributed by atoms with Crippen molar-refractivity contribution < 1.29 is 17.6 Å². The number of urea groups is 1. The Balaban J connectivity index is 1.76. The molecule has 2 aromatic carbocycles. The molecule has 0 aliphatic carbocycles. The Kier molecular flexibility index (Phi) is 5.54. The van der Waals surface area contributed by atoms with Gasteiger partial charge in [-0.15, -0.1) is 11.3 Å². The minimum atomic E-state index is -3.79. The van der Waals surface area contributed by atoms with E-state index in [0.29, 0.717) is 5.69 Å². The van der Waals surface area contributed by atoms with Gasteiger partial charge in [0, 0.05) is 10.6 Å². The highest BCUT2D eigenvalue weighted by molar-refractivity contribution is 7.89. The zero-order chi connectivity index (χ0) is 19.4. The molecular weight excluding hydrogens is 389 g/mol. The molecule has 0 bridgehead atoms. The van der Waals surface area contributed by atoms with E-state index in [-0.39, 0.29) is 10.7 Å². The molecular formula is C18H16FN3O3S2. The van der Waals surface area contributed by atoms with Gasteiger partial charge in [-0.05, 0) is 53.4 Å². The molecule has 1 aromatic heterocycles. The number of carbonyl (C=O) groups excluding carboxylic acids is 1. The fourth-order valence-corrected chi connectivity index (χ4v) is 3.77. The van der Waals surface area contributed by atoms with Crippen molar-refractivity contribution in [2.24, 2.45) is 5.14 Å². The molecule has 27 heavy (non-hydrogen) atoms. The van der Waals surface area contributed by atoms with Crippen molar-refractivity contribution in [3.63, 3.8) is 0 Å². The largest absolute Gasteiger partial charge is 0.326 e. The summed E-state index contributed by atoms with van der Waals surface area (Å²) in [5, 5.41) is 12.4. The minimum Gasteiger partial charge on any atom is -0.326 e. The summed E-state index contributed by atoms with van der Waals surface area (Å²) in [5.74, 6) is -0.358. The van der Waals surface area contributed by atoms with Crippen LogP contribution in [0.4, 0.5) is 14.9 Å². The van der Waals surface area contributed by atoms with Crippen molar-refractivity contribution in [1.82, 2.24) is 5.32 Å². The number of amides is 2. The third-order valence-electron chi connectivity index (χ3n) is 3.75. The number of thiophene rings is 1. The number of sulfonamides is 1. The molecule has 3 rings (SSSR count). The van der Waals surface area contributed by atoms with E-state index < -0.39 is 22.1 Å². The second-order valence-electron chi connectivity index (χ2n) is 5.67. The van der Waals surface area contributed by atoms with Crippen LogP contribution in [0, 0.1) is 5.82 Å². The van der Waals surface area contributed by atoms with Gasteiger partial charge < -0.3 is 10.6 Å². The van der Waals surface area contributed by atoms with Crippen LogP contribution in [0.15, 0.2) is 70.9 Å². The summed E-state index contributed by atoms with van der Waals surface area (Å²) in [7, 11) is -3.79. The van der Waals surface area contributed by atoms with E-state index in [1.807, 2.05) is 17.5 Å². The third-order valence-corrected chi connectivity index (χ3v) is 5.61. The summed E-state index contributed by atoms with van der Waals surface area (Å²) in [6.07, 6.45) is 0. The fourth-order valence-electron chi connectivity index (χ4n) is 2.46. The van der Waals surface area contributed by atoms with Gasteiger partial charge in [0.15, 0.2) is 0 Å². The topological polar surface area (TPSA) is 101 Å². The van der Waals surface area contributed by atoms with Crippen molar-refractivity contribution in [3.8, 4) is 0 Å². The van der Waals surface area contributed by atoms with Gasteiger partial charge in [-0.3, -0.25) is 0 Å². The average molecular weight is 405 g/mol. The number of hydrogen-bond donors (Lipinski definition) is 3. The van der Waals surface area contributed by atoms with Crippen LogP contribution >= 0.6 is 11.3 Å². The van der Waals surface area contributed by atoms with E-state index in [9.17, 15) is 17.6 Å². The van der Waals surface area contributed by atoms with Gasteiger partial charge in [0.2, 0.25) is 10.0 Å². The number of hydrogen-bond acceptors (Lipinski definition) is 4. The van der Waals surface area contributed by atoms with Crippen molar-refractivity contribution in [2.45, 2.75) is 10.9 Å². The highest BCUT2D eigenvalue weighted by Gasteiger charge is 2.18. The van der Waals surface area contributed by atoms with Crippen LogP contribution in [0.3, 0.4) is 0 Å². The van der Waals surface area contributed by atoms with Crippen LogP contribution in [0.1, 0.15) is 16.5 Å². The van der Waals surface area contributed by atoms with Crippen LogP contribution in [0.5, 0.6) is 0 Å². The van der Waals surface area contributed by atoms with Gasteiger partial charge in [-0.2, -0.15) is 0 Å². The smallest absolute Gasteiger partial charge is 0.320 e. The molecule has 0 saturated heterocycles. The number of nitrogens with one attached hydrogen (secondary N) is 2. The first-order valence-electron chi connectivity index (χ1n) is 7.82. The standard InChI is InChI=1S/C18H16FN3O3S2/c19-13-5-3-12(4-6-13)17(16-2-1-11-26-16)22-18(23)21-14-7-9-15(10-8-14)27(20,24)25/h1-11,17H,(H2,20,24,25)(H2,21,22,23)/t17-/m1/s1. The first kappa shape index (κ1) is 19.0. The van der Waals surface area contributed by atoms with Gasteiger partial charge in [-0.1, -0.05) is 18.2 Å². The molecule has 3 aromatic rings. The number of carbonyl (C=O) groups is 1. The maximum absolute atomic E-state index is 13.2. The molecule has 0 radical (unpaired) electrons. The minimum absolute atomic E-state index is 0.0452. The van der Waals surface area contributed by atoms with E-state index in [1.54, 1.807) is 12.1 Å². The van der Waals surface area contributed by atoms with Crippen molar-refractivity contribution in [3.05, 3.63) is 82.3 Å². The molecule has 9 heteroatoms. The molecule has 0 fully saturated rings. The second kappa shape index (κ2) is 7.87. The molecule has 0 aliphatic rings. The van der Waals surface area contributed by atoms with Crippen LogP contribution in [0.25, 0.3) is 0 Å². The SMILES string of the molecule is NS(=O)(=O)c1ccc(NC(=O)N[C@H](c2ccc(F)cc2)c2cccs2)cc1. The molecule has 6 nitrogen and oxygen atoms in total. The summed E-state index contributed by atoms with van der Waals surface area (Å²) in [5.41, 5.74) is 1.14. The molecule has 1 heterocycles. The second-order valence-corrected chi connectivity index (χ2v) is 8.21. The lowest BCUT2D eigenvalue weighted by Gasteiger charge is -2.18. The lowest BCUT2D eigenvalue weighted by molar-refractivity contribution is 0.250. The average Bonchev–Trinajstić information content (AvgIpc) is 3.14. The predicted molar refractivity (Wildman–Crippen MR) is 103 cm³/mol. The highest BCUT2D eigenvalue weighted by Crippen LogP contribution is 2.26. The lowest BCUT2D eigenvalue weighted by atomic mass is 10.1. The van der Waals surface area contributed by atoms with Crippen molar-refractivity contribution >= 4 is 33.1 Å². The third kappa shape index (κ3) is 4.91. The lowest BCUT2D eigenvalue weighted by Crippen LogP contribution is -2.32. The normalized spacial score (nSPS) is 12.4. The molecule has 2 amide bonds. The molecule has 1 atom stereocenters. The Labute approximate surface area is 159 Å². The summed E-state index contributed by atoms with van der Waals surface area (Å²) >= 11 is 1.47. The molecule has 0 aliphatic heterocycles. The first-order chi connectivity index (χ1) is 12.8. The number of benzene rings is 2. The number of nitrogens with two attached hydrogens (primary N) is 1. The monoisotopic (exact) mass is 405 g/mol. The fraction of sp³-hybridized carbons (Fsp3) is 0.0556. The van der Waals surface area contributed by atoms with E-state index in [2.05, 4.69) is 10.6 Å². The number of halogens is 1. The summed E-state index contributed by atoms with van der Waals surface area (Å²) in [6, 6.07) is 14.2. The van der Waals surface area contributed by atoms with Crippen LogP contribution in [-0.2, 0) is 10.0 Å². The molecule has 140 valence electrons. The molecule has 0 spiro atoms. The number of rotatable bonds is 5. The van der Waals surface area contributed by atoms with Gasteiger partial charge in [0.05, 0.1) is 10.9 Å². The van der Waals surface area contributed by atoms with E-state index in [1.165, 1.54) is 47.7 Å². The van der Waals surface area contributed by atoms with E-state index in [4.69, 9.17) is 5.14 Å². The Morgan fingerprint density at radius 3 is 2.26 bits per heavy atom. The van der Waals surface area contributed by atoms with Gasteiger partial charge in [0.1, 0.15) is 5.82 Å². The maximum Gasteiger partial charge on any atom is 0.320 e. The molecule has 4 N–H and O–H groups in total. The summed E-state index contributed by atoms with van der Waals surface area (Å²) in [6.45, 7) is 0. The Bertz CT molecular complexity index is 1020. The summed E-state index contributed by atoms with van der Waals surface area (Å²) < 4.78 is 35.8. The molecule has 0 unspecified atom stereocenters. The Hall–Kier alpha value is -2.75.